The van der Waals surface area contributed by atoms with E-state index < -0.39 is 0 Å². The van der Waals surface area contributed by atoms with Gasteiger partial charge in [0, 0.05) is 36.1 Å². The summed E-state index contributed by atoms with van der Waals surface area (Å²) >= 11 is 1.44. The molecule has 0 bridgehead atoms. The van der Waals surface area contributed by atoms with Crippen LogP contribution in [0.3, 0.4) is 0 Å². The number of imidazole rings is 1. The maximum atomic E-state index is 12.5. The number of benzene rings is 1. The SMILES string of the molecule is COc1ccc(-c2cn3c(C(=O)NCc4ccncc4)csc3n2)cc1. The first-order valence-electron chi connectivity index (χ1n) is 8.03. The molecule has 1 N–H and O–H groups in total. The van der Waals surface area contributed by atoms with E-state index in [1.807, 2.05) is 52.4 Å². The van der Waals surface area contributed by atoms with E-state index in [0.29, 0.717) is 12.2 Å². The second-order valence-electron chi connectivity index (χ2n) is 5.67. The largest absolute Gasteiger partial charge is 0.497 e. The number of aromatic nitrogens is 3. The van der Waals surface area contributed by atoms with Crippen LogP contribution in [0.4, 0.5) is 0 Å². The highest BCUT2D eigenvalue weighted by atomic mass is 32.1. The number of rotatable bonds is 5. The van der Waals surface area contributed by atoms with Gasteiger partial charge < -0.3 is 10.1 Å². The van der Waals surface area contributed by atoms with Crippen LogP contribution < -0.4 is 10.1 Å². The van der Waals surface area contributed by atoms with Crippen LogP contribution in [0.1, 0.15) is 16.1 Å². The molecule has 3 heterocycles. The van der Waals surface area contributed by atoms with Gasteiger partial charge in [-0.05, 0) is 42.0 Å². The fourth-order valence-electron chi connectivity index (χ4n) is 2.62. The Kier molecular flexibility index (Phi) is 4.37. The van der Waals surface area contributed by atoms with Crippen molar-refractivity contribution in [1.29, 1.82) is 0 Å². The number of carbonyl (C=O) groups is 1. The number of amides is 1. The molecular formula is C19H16N4O2S. The minimum absolute atomic E-state index is 0.133. The Morgan fingerprint density at radius 3 is 2.69 bits per heavy atom. The summed E-state index contributed by atoms with van der Waals surface area (Å²) < 4.78 is 7.01. The minimum Gasteiger partial charge on any atom is -0.497 e. The van der Waals surface area contributed by atoms with E-state index in [4.69, 9.17) is 4.74 Å². The van der Waals surface area contributed by atoms with Crippen LogP contribution in [0.15, 0.2) is 60.4 Å². The topological polar surface area (TPSA) is 68.5 Å². The Labute approximate surface area is 154 Å². The Bertz CT molecular complexity index is 1040. The lowest BCUT2D eigenvalue weighted by Gasteiger charge is -2.04. The number of thiazole rings is 1. The molecule has 0 unspecified atom stereocenters. The van der Waals surface area contributed by atoms with Crippen LogP contribution in [0, 0.1) is 0 Å². The summed E-state index contributed by atoms with van der Waals surface area (Å²) in [5.41, 5.74) is 3.38. The Morgan fingerprint density at radius 2 is 1.96 bits per heavy atom. The van der Waals surface area contributed by atoms with E-state index >= 15 is 0 Å². The quantitative estimate of drug-likeness (QED) is 0.589. The molecule has 4 aromatic rings. The predicted molar refractivity (Wildman–Crippen MR) is 100 cm³/mol. The number of nitrogens with zero attached hydrogens (tertiary/aromatic N) is 3. The molecule has 1 amide bonds. The van der Waals surface area contributed by atoms with E-state index in [-0.39, 0.29) is 5.91 Å². The van der Waals surface area contributed by atoms with E-state index in [9.17, 15) is 4.79 Å². The van der Waals surface area contributed by atoms with E-state index in [0.717, 1.165) is 27.5 Å². The van der Waals surface area contributed by atoms with Crippen molar-refractivity contribution in [3.63, 3.8) is 0 Å². The first-order chi connectivity index (χ1) is 12.7. The molecule has 130 valence electrons. The van der Waals surface area contributed by atoms with Gasteiger partial charge in [-0.3, -0.25) is 14.2 Å². The van der Waals surface area contributed by atoms with Gasteiger partial charge in [-0.25, -0.2) is 4.98 Å². The van der Waals surface area contributed by atoms with Crippen molar-refractivity contribution in [2.24, 2.45) is 0 Å². The molecule has 1 aromatic carbocycles. The molecule has 0 spiro atoms. The van der Waals surface area contributed by atoms with Gasteiger partial charge in [0.1, 0.15) is 11.4 Å². The van der Waals surface area contributed by atoms with Gasteiger partial charge in [-0.2, -0.15) is 0 Å². The van der Waals surface area contributed by atoms with Crippen molar-refractivity contribution >= 4 is 22.2 Å². The Balaban J connectivity index is 1.56. The first-order valence-corrected chi connectivity index (χ1v) is 8.90. The van der Waals surface area contributed by atoms with Crippen molar-refractivity contribution in [3.8, 4) is 17.0 Å². The second kappa shape index (κ2) is 6.97. The standard InChI is InChI=1S/C19H16N4O2S/c1-25-15-4-2-14(3-5-15)16-11-23-17(12-26-19(23)22-16)18(24)21-10-13-6-8-20-9-7-13/h2-9,11-12H,10H2,1H3,(H,21,24). The fourth-order valence-corrected chi connectivity index (χ4v) is 3.47. The number of fused-ring (bicyclic) bond motifs is 1. The summed E-state index contributed by atoms with van der Waals surface area (Å²) in [6.45, 7) is 0.457. The zero-order valence-electron chi connectivity index (χ0n) is 14.0. The first kappa shape index (κ1) is 16.3. The average molecular weight is 364 g/mol. The summed E-state index contributed by atoms with van der Waals surface area (Å²) in [6, 6.07) is 11.4. The van der Waals surface area contributed by atoms with Gasteiger partial charge in [0.15, 0.2) is 4.96 Å². The van der Waals surface area contributed by atoms with Gasteiger partial charge in [0.2, 0.25) is 0 Å². The molecule has 26 heavy (non-hydrogen) atoms. The Hall–Kier alpha value is -3.19. The van der Waals surface area contributed by atoms with Crippen LogP contribution in [0.5, 0.6) is 5.75 Å². The van der Waals surface area contributed by atoms with Crippen LogP contribution in [-0.4, -0.2) is 27.4 Å². The summed E-state index contributed by atoms with van der Waals surface area (Å²) in [5, 5.41) is 4.75. The third-order valence-corrected chi connectivity index (χ3v) is 4.87. The summed E-state index contributed by atoms with van der Waals surface area (Å²) in [4.78, 5) is 21.9. The maximum Gasteiger partial charge on any atom is 0.269 e. The zero-order chi connectivity index (χ0) is 17.9. The van der Waals surface area contributed by atoms with Crippen LogP contribution in [0.2, 0.25) is 0 Å². The van der Waals surface area contributed by atoms with Crippen molar-refractivity contribution in [2.75, 3.05) is 7.11 Å². The molecule has 6 nitrogen and oxygen atoms in total. The van der Waals surface area contributed by atoms with Gasteiger partial charge in [0.05, 0.1) is 12.8 Å². The third kappa shape index (κ3) is 3.16. The number of carbonyl (C=O) groups excluding carboxylic acids is 1. The second-order valence-corrected chi connectivity index (χ2v) is 6.50. The summed E-state index contributed by atoms with van der Waals surface area (Å²) in [7, 11) is 1.64. The highest BCUT2D eigenvalue weighted by Gasteiger charge is 2.15. The average Bonchev–Trinajstić information content (AvgIpc) is 3.28. The molecular weight excluding hydrogens is 348 g/mol. The van der Waals surface area contributed by atoms with Crippen molar-refractivity contribution in [3.05, 3.63) is 71.6 Å². The molecule has 0 radical (unpaired) electrons. The van der Waals surface area contributed by atoms with Crippen molar-refractivity contribution < 1.29 is 9.53 Å². The highest BCUT2D eigenvalue weighted by molar-refractivity contribution is 7.15. The van der Waals surface area contributed by atoms with E-state index in [2.05, 4.69) is 15.3 Å². The van der Waals surface area contributed by atoms with Crippen LogP contribution in [0.25, 0.3) is 16.2 Å². The Morgan fingerprint density at radius 1 is 1.19 bits per heavy atom. The summed E-state index contributed by atoms with van der Waals surface area (Å²) in [6.07, 6.45) is 5.30. The van der Waals surface area contributed by atoms with Crippen molar-refractivity contribution in [1.82, 2.24) is 19.7 Å². The highest BCUT2D eigenvalue weighted by Crippen LogP contribution is 2.25. The molecule has 0 saturated heterocycles. The monoisotopic (exact) mass is 364 g/mol. The normalized spacial score (nSPS) is 10.8. The number of hydrogen-bond donors (Lipinski definition) is 1. The zero-order valence-corrected chi connectivity index (χ0v) is 14.9. The molecule has 0 saturated carbocycles. The molecule has 0 atom stereocenters. The van der Waals surface area contributed by atoms with Crippen LogP contribution in [-0.2, 0) is 6.54 Å². The maximum absolute atomic E-state index is 12.5. The van der Waals surface area contributed by atoms with Crippen molar-refractivity contribution in [2.45, 2.75) is 6.54 Å². The number of nitrogens with one attached hydrogen (secondary N) is 1. The number of methoxy groups -OCH3 is 1. The number of ether oxygens (including phenoxy) is 1. The molecule has 0 fully saturated rings. The van der Waals surface area contributed by atoms with Gasteiger partial charge in [0.25, 0.3) is 5.91 Å². The van der Waals surface area contributed by atoms with E-state index in [1.54, 1.807) is 19.5 Å². The summed E-state index contributed by atoms with van der Waals surface area (Å²) in [5.74, 6) is 0.665. The molecule has 0 aliphatic carbocycles. The van der Waals surface area contributed by atoms with Gasteiger partial charge in [-0.1, -0.05) is 0 Å². The van der Waals surface area contributed by atoms with Crippen LogP contribution >= 0.6 is 11.3 Å². The van der Waals surface area contributed by atoms with E-state index in [1.165, 1.54) is 11.3 Å². The molecule has 7 heteroatoms. The molecule has 0 aliphatic rings. The predicted octanol–water partition coefficient (Wildman–Crippen LogP) is 3.40. The number of pyridine rings is 1. The lowest BCUT2D eigenvalue weighted by Crippen LogP contribution is -2.23. The molecule has 0 aliphatic heterocycles. The minimum atomic E-state index is -0.133. The number of hydrogen-bond acceptors (Lipinski definition) is 5. The smallest absolute Gasteiger partial charge is 0.269 e. The third-order valence-electron chi connectivity index (χ3n) is 4.03. The lowest BCUT2D eigenvalue weighted by molar-refractivity contribution is 0.0945. The van der Waals surface area contributed by atoms with Gasteiger partial charge >= 0.3 is 0 Å². The molecule has 4 rings (SSSR count). The lowest BCUT2D eigenvalue weighted by atomic mass is 10.2. The van der Waals surface area contributed by atoms with Gasteiger partial charge in [-0.15, -0.1) is 11.3 Å². The fraction of sp³-hybridized carbons (Fsp3) is 0.105. The molecule has 3 aromatic heterocycles.